The molecule has 0 aromatic heterocycles. The molecule has 1 N–H and O–H groups in total. The van der Waals surface area contributed by atoms with E-state index < -0.39 is 0 Å². The Morgan fingerprint density at radius 3 is 2.88 bits per heavy atom. The molecule has 4 heteroatoms. The van der Waals surface area contributed by atoms with Gasteiger partial charge in [0, 0.05) is 26.2 Å². The standard InChI is InChI=1S/C12H24N2O2/c1-10-8-14(5-6-15-10)9-12-4-3-11(16-12)7-13-2/h10-13H,3-9H2,1-2H3. The largest absolute Gasteiger partial charge is 0.376 e. The molecule has 2 aliphatic rings. The number of hydrogen-bond acceptors (Lipinski definition) is 4. The van der Waals surface area contributed by atoms with E-state index >= 15 is 0 Å². The minimum Gasteiger partial charge on any atom is -0.376 e. The van der Waals surface area contributed by atoms with Gasteiger partial charge in [-0.1, -0.05) is 0 Å². The van der Waals surface area contributed by atoms with E-state index in [-0.39, 0.29) is 0 Å². The first kappa shape index (κ1) is 12.3. The maximum Gasteiger partial charge on any atom is 0.0707 e. The molecule has 2 rings (SSSR count). The van der Waals surface area contributed by atoms with E-state index in [2.05, 4.69) is 17.1 Å². The highest BCUT2D eigenvalue weighted by Gasteiger charge is 2.27. The van der Waals surface area contributed by atoms with Crippen molar-refractivity contribution < 1.29 is 9.47 Å². The summed E-state index contributed by atoms with van der Waals surface area (Å²) < 4.78 is 11.5. The summed E-state index contributed by atoms with van der Waals surface area (Å²) in [6.45, 7) is 7.18. The fourth-order valence-electron chi connectivity index (χ4n) is 2.64. The van der Waals surface area contributed by atoms with Crippen molar-refractivity contribution in [3.05, 3.63) is 0 Å². The fourth-order valence-corrected chi connectivity index (χ4v) is 2.64. The molecule has 94 valence electrons. The van der Waals surface area contributed by atoms with Gasteiger partial charge in [0.05, 0.1) is 24.9 Å². The van der Waals surface area contributed by atoms with E-state index in [1.165, 1.54) is 12.8 Å². The number of likely N-dealkylation sites (N-methyl/N-ethyl adjacent to an activating group) is 1. The predicted molar refractivity (Wildman–Crippen MR) is 63.7 cm³/mol. The van der Waals surface area contributed by atoms with Crippen LogP contribution in [0.15, 0.2) is 0 Å². The van der Waals surface area contributed by atoms with Crippen molar-refractivity contribution >= 4 is 0 Å². The summed E-state index contributed by atoms with van der Waals surface area (Å²) in [6.07, 6.45) is 3.64. The molecular formula is C12H24N2O2. The van der Waals surface area contributed by atoms with Gasteiger partial charge in [-0.2, -0.15) is 0 Å². The van der Waals surface area contributed by atoms with E-state index in [1.807, 2.05) is 7.05 Å². The normalized spacial score (nSPS) is 36.8. The molecule has 0 saturated carbocycles. The Kier molecular flexibility index (Phi) is 4.58. The van der Waals surface area contributed by atoms with E-state index in [0.717, 1.165) is 32.8 Å². The van der Waals surface area contributed by atoms with Gasteiger partial charge in [0.1, 0.15) is 0 Å². The Labute approximate surface area is 98.3 Å². The molecule has 4 nitrogen and oxygen atoms in total. The summed E-state index contributed by atoms with van der Waals surface area (Å²) >= 11 is 0. The van der Waals surface area contributed by atoms with Gasteiger partial charge in [0.2, 0.25) is 0 Å². The third-order valence-electron chi connectivity index (χ3n) is 3.41. The lowest BCUT2D eigenvalue weighted by atomic mass is 10.2. The lowest BCUT2D eigenvalue weighted by Gasteiger charge is -2.32. The SMILES string of the molecule is CNCC1CCC(CN2CCOC(C)C2)O1. The van der Waals surface area contributed by atoms with Crippen LogP contribution in [-0.4, -0.2) is 63.0 Å². The van der Waals surface area contributed by atoms with Crippen LogP contribution in [0.25, 0.3) is 0 Å². The summed E-state index contributed by atoms with van der Waals surface area (Å²) in [5, 5.41) is 3.18. The zero-order valence-corrected chi connectivity index (χ0v) is 10.4. The maximum absolute atomic E-state index is 5.99. The Morgan fingerprint density at radius 2 is 2.12 bits per heavy atom. The molecule has 0 aromatic carbocycles. The summed E-state index contributed by atoms with van der Waals surface area (Å²) in [5.41, 5.74) is 0. The molecule has 0 bridgehead atoms. The second-order valence-corrected chi connectivity index (χ2v) is 4.96. The van der Waals surface area contributed by atoms with Crippen LogP contribution in [0, 0.1) is 0 Å². The van der Waals surface area contributed by atoms with E-state index in [0.29, 0.717) is 18.3 Å². The maximum atomic E-state index is 5.99. The van der Waals surface area contributed by atoms with Gasteiger partial charge in [-0.15, -0.1) is 0 Å². The minimum absolute atomic E-state index is 0.378. The Bertz CT molecular complexity index is 213. The van der Waals surface area contributed by atoms with Crippen molar-refractivity contribution in [3.8, 4) is 0 Å². The van der Waals surface area contributed by atoms with Gasteiger partial charge in [0.15, 0.2) is 0 Å². The number of rotatable bonds is 4. The molecule has 3 atom stereocenters. The summed E-state index contributed by atoms with van der Waals surface area (Å²) in [5.74, 6) is 0. The Hall–Kier alpha value is -0.160. The van der Waals surface area contributed by atoms with Crippen molar-refractivity contribution in [2.75, 3.05) is 39.8 Å². The van der Waals surface area contributed by atoms with Crippen molar-refractivity contribution in [1.82, 2.24) is 10.2 Å². The average Bonchev–Trinajstić information content (AvgIpc) is 2.66. The monoisotopic (exact) mass is 228 g/mol. The molecule has 2 saturated heterocycles. The van der Waals surface area contributed by atoms with Crippen molar-refractivity contribution in [1.29, 1.82) is 0 Å². The highest BCUT2D eigenvalue weighted by atomic mass is 16.5. The lowest BCUT2D eigenvalue weighted by molar-refractivity contribution is -0.0421. The molecular weight excluding hydrogens is 204 g/mol. The first-order chi connectivity index (χ1) is 7.78. The molecule has 0 spiro atoms. The molecule has 0 radical (unpaired) electrons. The van der Waals surface area contributed by atoms with Crippen LogP contribution in [0.2, 0.25) is 0 Å². The zero-order chi connectivity index (χ0) is 11.4. The van der Waals surface area contributed by atoms with Crippen LogP contribution in [0.5, 0.6) is 0 Å². The topological polar surface area (TPSA) is 33.7 Å². The first-order valence-corrected chi connectivity index (χ1v) is 6.42. The summed E-state index contributed by atoms with van der Waals surface area (Å²) in [7, 11) is 1.99. The molecule has 2 aliphatic heterocycles. The molecule has 2 heterocycles. The molecule has 2 fully saturated rings. The van der Waals surface area contributed by atoms with Crippen LogP contribution in [-0.2, 0) is 9.47 Å². The molecule has 3 unspecified atom stereocenters. The fraction of sp³-hybridized carbons (Fsp3) is 1.00. The van der Waals surface area contributed by atoms with Crippen molar-refractivity contribution in [2.45, 2.75) is 38.1 Å². The van der Waals surface area contributed by atoms with Crippen LogP contribution in [0.1, 0.15) is 19.8 Å². The summed E-state index contributed by atoms with van der Waals surface area (Å²) in [6, 6.07) is 0. The molecule has 0 aromatic rings. The Morgan fingerprint density at radius 1 is 1.31 bits per heavy atom. The first-order valence-electron chi connectivity index (χ1n) is 6.42. The molecule has 0 aliphatic carbocycles. The second kappa shape index (κ2) is 5.96. The van der Waals surface area contributed by atoms with Gasteiger partial charge < -0.3 is 14.8 Å². The van der Waals surface area contributed by atoms with Crippen molar-refractivity contribution in [3.63, 3.8) is 0 Å². The van der Waals surface area contributed by atoms with Gasteiger partial charge in [-0.3, -0.25) is 4.90 Å². The number of morpholine rings is 1. The average molecular weight is 228 g/mol. The number of ether oxygens (including phenoxy) is 2. The van der Waals surface area contributed by atoms with Gasteiger partial charge in [-0.05, 0) is 26.8 Å². The predicted octanol–water partition coefficient (Wildman–Crippen LogP) is 0.474. The third-order valence-corrected chi connectivity index (χ3v) is 3.41. The van der Waals surface area contributed by atoms with Crippen LogP contribution in [0.4, 0.5) is 0 Å². The third kappa shape index (κ3) is 3.42. The minimum atomic E-state index is 0.378. The molecule has 16 heavy (non-hydrogen) atoms. The van der Waals surface area contributed by atoms with E-state index in [9.17, 15) is 0 Å². The highest BCUT2D eigenvalue weighted by Crippen LogP contribution is 2.20. The smallest absolute Gasteiger partial charge is 0.0707 e. The van der Waals surface area contributed by atoms with Crippen LogP contribution >= 0.6 is 0 Å². The van der Waals surface area contributed by atoms with Gasteiger partial charge in [0.25, 0.3) is 0 Å². The van der Waals surface area contributed by atoms with Gasteiger partial charge in [-0.25, -0.2) is 0 Å². The lowest BCUT2D eigenvalue weighted by Crippen LogP contribution is -2.44. The highest BCUT2D eigenvalue weighted by molar-refractivity contribution is 4.79. The number of nitrogens with one attached hydrogen (secondary N) is 1. The van der Waals surface area contributed by atoms with Crippen molar-refractivity contribution in [2.24, 2.45) is 0 Å². The Balaban J connectivity index is 1.70. The van der Waals surface area contributed by atoms with Crippen LogP contribution in [0.3, 0.4) is 0 Å². The van der Waals surface area contributed by atoms with E-state index in [4.69, 9.17) is 9.47 Å². The summed E-state index contributed by atoms with van der Waals surface area (Å²) in [4.78, 5) is 2.47. The number of hydrogen-bond donors (Lipinski definition) is 1. The number of nitrogens with zero attached hydrogens (tertiary/aromatic N) is 1. The quantitative estimate of drug-likeness (QED) is 0.758. The van der Waals surface area contributed by atoms with Crippen LogP contribution < -0.4 is 5.32 Å². The second-order valence-electron chi connectivity index (χ2n) is 4.96. The zero-order valence-electron chi connectivity index (χ0n) is 10.4. The van der Waals surface area contributed by atoms with E-state index in [1.54, 1.807) is 0 Å². The molecule has 0 amide bonds. The van der Waals surface area contributed by atoms with Gasteiger partial charge >= 0.3 is 0 Å².